The average molecular weight is 355 g/mol. The Morgan fingerprint density at radius 2 is 1.88 bits per heavy atom. The number of benzene rings is 2. The van der Waals surface area contributed by atoms with Gasteiger partial charge in [0, 0.05) is 0 Å². The van der Waals surface area contributed by atoms with Crippen molar-refractivity contribution in [3.8, 4) is 0 Å². The number of thioether (sulfide) groups is 1. The number of hydrogen-bond donors (Lipinski definition) is 0. The summed E-state index contributed by atoms with van der Waals surface area (Å²) in [5, 5.41) is 3.38. The summed E-state index contributed by atoms with van der Waals surface area (Å²) in [6.45, 7) is 4.43. The molecule has 4 nitrogen and oxygen atoms in total. The number of aliphatic imine (C=N–C) groups is 1. The Balaban J connectivity index is 1.72. The second kappa shape index (κ2) is 6.19. The van der Waals surface area contributed by atoms with Gasteiger partial charge in [0.2, 0.25) is 0 Å². The highest BCUT2D eigenvalue weighted by molar-refractivity contribution is 8.01. The Bertz CT molecular complexity index is 852. The molecular formula is C19H18FN3OS. The van der Waals surface area contributed by atoms with E-state index < -0.39 is 0 Å². The van der Waals surface area contributed by atoms with Gasteiger partial charge < -0.3 is 0 Å². The van der Waals surface area contributed by atoms with Crippen LogP contribution in [0.2, 0.25) is 0 Å². The molecule has 6 heteroatoms. The number of hydrazine groups is 1. The predicted octanol–water partition coefficient (Wildman–Crippen LogP) is 4.27. The van der Waals surface area contributed by atoms with E-state index in [9.17, 15) is 9.18 Å². The van der Waals surface area contributed by atoms with Gasteiger partial charge in [-0.1, -0.05) is 30.3 Å². The maximum Gasteiger partial charge on any atom is 0.255 e. The van der Waals surface area contributed by atoms with Gasteiger partial charge in [-0.2, -0.15) is 0 Å². The fourth-order valence-corrected chi connectivity index (χ4v) is 4.46. The van der Waals surface area contributed by atoms with E-state index in [-0.39, 0.29) is 22.3 Å². The van der Waals surface area contributed by atoms with Crippen molar-refractivity contribution in [2.75, 3.05) is 0 Å². The molecule has 0 N–H and O–H groups in total. The lowest BCUT2D eigenvalue weighted by Gasteiger charge is -2.39. The van der Waals surface area contributed by atoms with Gasteiger partial charge in [0.05, 0.1) is 17.5 Å². The van der Waals surface area contributed by atoms with Crippen LogP contribution < -0.4 is 0 Å². The molecule has 0 bridgehead atoms. The second-order valence-corrected chi connectivity index (χ2v) is 7.64. The summed E-state index contributed by atoms with van der Waals surface area (Å²) in [7, 11) is 0. The second-order valence-electron chi connectivity index (χ2n) is 6.21. The van der Waals surface area contributed by atoms with Crippen molar-refractivity contribution >= 4 is 29.2 Å². The van der Waals surface area contributed by atoms with Gasteiger partial charge in [0.15, 0.2) is 0 Å². The van der Waals surface area contributed by atoms with Crippen LogP contribution in [0, 0.1) is 5.82 Å². The van der Waals surface area contributed by atoms with Gasteiger partial charge in [-0.15, -0.1) is 11.8 Å². The smallest absolute Gasteiger partial charge is 0.255 e. The van der Waals surface area contributed by atoms with Crippen molar-refractivity contribution in [1.29, 1.82) is 0 Å². The number of rotatable bonds is 2. The number of amidine groups is 1. The molecule has 1 fully saturated rings. The van der Waals surface area contributed by atoms with Gasteiger partial charge in [-0.3, -0.25) is 9.80 Å². The van der Waals surface area contributed by atoms with Crippen LogP contribution in [0.5, 0.6) is 0 Å². The highest BCUT2D eigenvalue weighted by Gasteiger charge is 2.43. The largest absolute Gasteiger partial charge is 0.272 e. The number of amides is 1. The first-order valence-corrected chi connectivity index (χ1v) is 9.13. The summed E-state index contributed by atoms with van der Waals surface area (Å²) in [5.74, 6) is 0.560. The van der Waals surface area contributed by atoms with Crippen molar-refractivity contribution in [2.45, 2.75) is 31.0 Å². The maximum absolute atomic E-state index is 13.3. The number of hydrogen-bond acceptors (Lipinski definition) is 4. The van der Waals surface area contributed by atoms with Crippen LogP contribution in [0.3, 0.4) is 0 Å². The van der Waals surface area contributed by atoms with Gasteiger partial charge in [-0.05, 0) is 43.2 Å². The maximum atomic E-state index is 13.3. The third-order valence-corrected chi connectivity index (χ3v) is 5.85. The van der Waals surface area contributed by atoms with Crippen molar-refractivity contribution in [2.24, 2.45) is 4.99 Å². The Hall–Kier alpha value is -2.34. The molecule has 2 aromatic carbocycles. The highest BCUT2D eigenvalue weighted by atomic mass is 32.2. The van der Waals surface area contributed by atoms with Crippen molar-refractivity contribution in [3.05, 3.63) is 65.5 Å². The van der Waals surface area contributed by atoms with Crippen LogP contribution in [-0.4, -0.2) is 27.0 Å². The molecule has 0 spiro atoms. The van der Waals surface area contributed by atoms with E-state index in [2.05, 4.69) is 4.99 Å². The Morgan fingerprint density at radius 3 is 2.64 bits per heavy atom. The molecule has 128 valence electrons. The van der Waals surface area contributed by atoms with Crippen LogP contribution in [0.15, 0.2) is 53.5 Å². The lowest BCUT2D eigenvalue weighted by atomic mass is 10.1. The van der Waals surface area contributed by atoms with E-state index in [0.29, 0.717) is 6.54 Å². The number of nitrogens with zero attached hydrogens (tertiary/aromatic N) is 3. The zero-order chi connectivity index (χ0) is 17.6. The number of para-hydroxylation sites is 1. The summed E-state index contributed by atoms with van der Waals surface area (Å²) in [5.41, 5.74) is 2.95. The molecule has 25 heavy (non-hydrogen) atoms. The molecular weight excluding hydrogens is 337 g/mol. The molecule has 2 atom stereocenters. The number of halogens is 1. The SMILES string of the molecule is CC1=Nc2ccccc2CN1N1C(=O)C(C)SC1c1ccc(F)cc1. The highest BCUT2D eigenvalue weighted by Crippen LogP contribution is 2.45. The van der Waals surface area contributed by atoms with E-state index >= 15 is 0 Å². The van der Waals surface area contributed by atoms with E-state index in [1.165, 1.54) is 12.1 Å². The first-order chi connectivity index (χ1) is 12.0. The van der Waals surface area contributed by atoms with Crippen LogP contribution in [0.1, 0.15) is 30.3 Å². The molecule has 1 saturated heterocycles. The standard InChI is InChI=1S/C19H18FN3OS/c1-12-18(24)23(19(25-12)14-7-9-16(20)10-8-14)22-11-15-5-3-4-6-17(15)21-13(22)2/h3-10,12,19H,11H2,1-2H3. The topological polar surface area (TPSA) is 35.9 Å². The molecule has 0 saturated carbocycles. The van der Waals surface area contributed by atoms with Gasteiger partial charge in [-0.25, -0.2) is 14.4 Å². The summed E-state index contributed by atoms with van der Waals surface area (Å²) < 4.78 is 13.3. The lowest BCUT2D eigenvalue weighted by molar-refractivity contribution is -0.142. The van der Waals surface area contributed by atoms with Crippen LogP contribution in [-0.2, 0) is 11.3 Å². The Morgan fingerprint density at radius 1 is 1.16 bits per heavy atom. The number of carbonyl (C=O) groups is 1. The molecule has 4 rings (SSSR count). The third-order valence-electron chi connectivity index (χ3n) is 4.51. The molecule has 2 aliphatic rings. The molecule has 1 amide bonds. The van der Waals surface area contributed by atoms with Crippen LogP contribution in [0.4, 0.5) is 10.1 Å². The molecule has 0 aliphatic carbocycles. The first-order valence-electron chi connectivity index (χ1n) is 8.19. The van der Waals surface area contributed by atoms with E-state index in [1.54, 1.807) is 28.9 Å². The minimum absolute atomic E-state index is 0.0493. The number of carbonyl (C=O) groups excluding carboxylic acids is 1. The van der Waals surface area contributed by atoms with E-state index in [0.717, 1.165) is 22.6 Å². The Kier molecular flexibility index (Phi) is 4.00. The van der Waals surface area contributed by atoms with Gasteiger partial charge >= 0.3 is 0 Å². The summed E-state index contributed by atoms with van der Waals surface area (Å²) in [6.07, 6.45) is 0. The zero-order valence-electron chi connectivity index (χ0n) is 14.0. The lowest BCUT2D eigenvalue weighted by Crippen LogP contribution is -2.48. The van der Waals surface area contributed by atoms with Gasteiger partial charge in [0.1, 0.15) is 17.0 Å². The molecule has 2 heterocycles. The molecule has 2 unspecified atom stereocenters. The molecule has 2 aliphatic heterocycles. The molecule has 0 radical (unpaired) electrons. The normalized spacial score (nSPS) is 22.8. The fourth-order valence-electron chi connectivity index (χ4n) is 3.20. The minimum Gasteiger partial charge on any atom is -0.272 e. The first kappa shape index (κ1) is 16.1. The molecule has 0 aromatic heterocycles. The summed E-state index contributed by atoms with van der Waals surface area (Å²) in [4.78, 5) is 17.5. The van der Waals surface area contributed by atoms with Crippen molar-refractivity contribution in [3.63, 3.8) is 0 Å². The van der Waals surface area contributed by atoms with Gasteiger partial charge in [0.25, 0.3) is 5.91 Å². The quantitative estimate of drug-likeness (QED) is 0.807. The third kappa shape index (κ3) is 2.80. The van der Waals surface area contributed by atoms with E-state index in [4.69, 9.17) is 0 Å². The molecule has 2 aromatic rings. The van der Waals surface area contributed by atoms with Crippen molar-refractivity contribution in [1.82, 2.24) is 10.0 Å². The summed E-state index contributed by atoms with van der Waals surface area (Å²) >= 11 is 1.57. The zero-order valence-corrected chi connectivity index (χ0v) is 14.8. The van der Waals surface area contributed by atoms with Crippen LogP contribution >= 0.6 is 11.8 Å². The van der Waals surface area contributed by atoms with Crippen molar-refractivity contribution < 1.29 is 9.18 Å². The van der Waals surface area contributed by atoms with E-state index in [1.807, 2.05) is 43.1 Å². The fraction of sp³-hybridized carbons (Fsp3) is 0.263. The van der Waals surface area contributed by atoms with Crippen LogP contribution in [0.25, 0.3) is 0 Å². The minimum atomic E-state index is -0.276. The summed E-state index contributed by atoms with van der Waals surface area (Å²) in [6, 6.07) is 14.3. The monoisotopic (exact) mass is 355 g/mol. The Labute approximate surface area is 150 Å². The average Bonchev–Trinajstić information content (AvgIpc) is 2.90. The number of fused-ring (bicyclic) bond motifs is 1. The predicted molar refractivity (Wildman–Crippen MR) is 97.8 cm³/mol.